The van der Waals surface area contributed by atoms with Gasteiger partial charge in [0.2, 0.25) is 65.0 Å². The summed E-state index contributed by atoms with van der Waals surface area (Å²) >= 11 is 0. The molecule has 109 heavy (non-hydrogen) atoms. The number of rotatable bonds is 50. The van der Waals surface area contributed by atoms with Gasteiger partial charge in [0.25, 0.3) is 5.91 Å². The minimum Gasteiger partial charge on any atom is -0.480 e. The van der Waals surface area contributed by atoms with E-state index in [9.17, 15) is 72.9 Å². The van der Waals surface area contributed by atoms with Crippen molar-refractivity contribution in [2.45, 2.75) is 251 Å². The van der Waals surface area contributed by atoms with Gasteiger partial charge in [-0.1, -0.05) is 98.2 Å². The molecule has 1 aliphatic rings. The Hall–Kier alpha value is -9.15. The first kappa shape index (κ1) is 92.2. The Morgan fingerprint density at radius 2 is 0.927 bits per heavy atom. The Morgan fingerprint density at radius 1 is 0.505 bits per heavy atom. The number of H-pyrrole nitrogens is 1. The molecule has 0 spiro atoms. The highest BCUT2D eigenvalue weighted by Gasteiger charge is 2.41. The highest BCUT2D eigenvalue weighted by Crippen LogP contribution is 2.23. The van der Waals surface area contributed by atoms with Gasteiger partial charge >= 0.3 is 5.97 Å². The molecule has 12 amide bonds. The van der Waals surface area contributed by atoms with Crippen molar-refractivity contribution in [1.82, 2.24) is 68.8 Å². The Balaban J connectivity index is 1.60. The zero-order valence-electron chi connectivity index (χ0n) is 65.0. The number of aromatic nitrogens is 1. The first-order valence-corrected chi connectivity index (χ1v) is 38.4. The maximum absolute atomic E-state index is 15.2. The first-order chi connectivity index (χ1) is 51.8. The zero-order chi connectivity index (χ0) is 81.0. The summed E-state index contributed by atoms with van der Waals surface area (Å²) in [5.41, 5.74) is 18.9. The lowest BCUT2D eigenvalue weighted by atomic mass is 9.97. The summed E-state index contributed by atoms with van der Waals surface area (Å²) in [4.78, 5) is 188. The molecule has 0 unspecified atom stereocenters. The SMILES string of the molecule is CC[C@H](C)[C@H](NC(=O)[C@H](Cc1c[nH]c2ccccc12)NC(=O)[C@H](CCCCN)NC(=O)[C@H](CO)NC(=O)[C@H](CC(C)C)NC(=O)[C@H](C)N(C(=O)[C@@H](NC(=O)[C@H](CCCCN)NC(=O)[C@H](CC(C)C)NC(=O)[C@H](CC(C)C)NC(=O)[C@H](CCCCN)NC(=O)[C@@H]1CCCN1)[C@@H](C)O)c1ccccc1)C(=O)NCC(=O)O. The molecule has 33 heteroatoms. The van der Waals surface area contributed by atoms with Crippen LogP contribution in [0.25, 0.3) is 10.9 Å². The molecule has 0 bridgehead atoms. The van der Waals surface area contributed by atoms with Crippen molar-refractivity contribution in [3.05, 3.63) is 66.4 Å². The fourth-order valence-corrected chi connectivity index (χ4v) is 12.7. The third-order valence-electron chi connectivity index (χ3n) is 19.0. The van der Waals surface area contributed by atoms with Crippen LogP contribution in [0.1, 0.15) is 171 Å². The summed E-state index contributed by atoms with van der Waals surface area (Å²) < 4.78 is 0. The smallest absolute Gasteiger partial charge is 0.322 e. The molecule has 1 saturated heterocycles. The second kappa shape index (κ2) is 47.7. The normalized spacial score (nSPS) is 16.4. The molecule has 33 nitrogen and oxygen atoms in total. The molecule has 0 aliphatic carbocycles. The number of fused-ring (bicyclic) bond motifs is 1. The summed E-state index contributed by atoms with van der Waals surface area (Å²) in [7, 11) is 0. The molecule has 1 aliphatic heterocycles. The number of hydrogen-bond donors (Lipinski definition) is 19. The maximum Gasteiger partial charge on any atom is 0.322 e. The quantitative estimate of drug-likeness (QED) is 0.0328. The highest BCUT2D eigenvalue weighted by atomic mass is 16.4. The number of nitrogens with one attached hydrogen (secondary N) is 13. The van der Waals surface area contributed by atoms with Crippen LogP contribution in [0.15, 0.2) is 60.8 Å². The van der Waals surface area contributed by atoms with E-state index in [2.05, 4.69) is 68.8 Å². The van der Waals surface area contributed by atoms with E-state index >= 15 is 4.79 Å². The van der Waals surface area contributed by atoms with E-state index in [-0.39, 0.29) is 93.8 Å². The summed E-state index contributed by atoms with van der Waals surface area (Å²) in [5.74, 6) is -12.2. The third kappa shape index (κ3) is 30.7. The van der Waals surface area contributed by atoms with Crippen LogP contribution in [-0.4, -0.2) is 215 Å². The van der Waals surface area contributed by atoms with Crippen LogP contribution < -0.4 is 85.9 Å². The molecule has 2 heterocycles. The predicted molar refractivity (Wildman–Crippen MR) is 412 cm³/mol. The van der Waals surface area contributed by atoms with Crippen LogP contribution in [0, 0.1) is 23.7 Å². The number of amides is 12. The number of benzene rings is 2. The van der Waals surface area contributed by atoms with Gasteiger partial charge in [0, 0.05) is 29.2 Å². The third-order valence-corrected chi connectivity index (χ3v) is 19.0. The number of para-hydroxylation sites is 2. The molecule has 608 valence electrons. The molecule has 3 aromatic rings. The van der Waals surface area contributed by atoms with Crippen molar-refractivity contribution in [1.29, 1.82) is 0 Å². The number of anilines is 1. The van der Waals surface area contributed by atoms with Crippen LogP contribution in [0.3, 0.4) is 0 Å². The number of aliphatic hydroxyl groups is 2. The fourth-order valence-electron chi connectivity index (χ4n) is 12.7. The molecule has 22 N–H and O–H groups in total. The van der Waals surface area contributed by atoms with Crippen LogP contribution in [0.2, 0.25) is 0 Å². The molecule has 1 fully saturated rings. The first-order valence-electron chi connectivity index (χ1n) is 38.4. The van der Waals surface area contributed by atoms with Crippen LogP contribution >= 0.6 is 0 Å². The van der Waals surface area contributed by atoms with E-state index in [4.69, 9.17) is 17.2 Å². The Labute approximate surface area is 639 Å². The van der Waals surface area contributed by atoms with Crippen molar-refractivity contribution in [3.8, 4) is 0 Å². The average Bonchev–Trinajstić information content (AvgIpc) is 1.59. The average molecular weight is 1530 g/mol. The number of carboxylic acids is 1. The maximum atomic E-state index is 15.2. The van der Waals surface area contributed by atoms with Crippen molar-refractivity contribution in [2.24, 2.45) is 40.9 Å². The van der Waals surface area contributed by atoms with Crippen molar-refractivity contribution < 1.29 is 77.6 Å². The lowest BCUT2D eigenvalue weighted by molar-refractivity contribution is -0.139. The van der Waals surface area contributed by atoms with E-state index in [1.54, 1.807) is 70.3 Å². The molecule has 0 saturated carbocycles. The van der Waals surface area contributed by atoms with E-state index in [0.717, 1.165) is 22.2 Å². The molecular weight excluding hydrogens is 1410 g/mol. The zero-order valence-corrected chi connectivity index (χ0v) is 65.0. The monoisotopic (exact) mass is 1530 g/mol. The van der Waals surface area contributed by atoms with Crippen molar-refractivity contribution >= 4 is 93.4 Å². The van der Waals surface area contributed by atoms with Gasteiger partial charge in [0.05, 0.1) is 18.8 Å². The number of carbonyl (C=O) groups is 13. The predicted octanol–water partition coefficient (Wildman–Crippen LogP) is -0.123. The summed E-state index contributed by atoms with van der Waals surface area (Å²) in [6, 6.07) is -0.925. The second-order valence-corrected chi connectivity index (χ2v) is 29.6. The van der Waals surface area contributed by atoms with Crippen molar-refractivity contribution in [2.75, 3.05) is 44.2 Å². The number of hydrogen-bond acceptors (Lipinski definition) is 19. The van der Waals surface area contributed by atoms with Gasteiger partial charge in [-0.15, -0.1) is 0 Å². The Kier molecular flexibility index (Phi) is 40.4. The Bertz CT molecular complexity index is 3440. The molecular formula is C76H123N17O16. The van der Waals surface area contributed by atoms with Gasteiger partial charge in [-0.3, -0.25) is 67.2 Å². The molecule has 0 radical (unpaired) electrons. The summed E-state index contributed by atoms with van der Waals surface area (Å²) in [6.07, 6.45) is 4.46. The lowest BCUT2D eigenvalue weighted by Crippen LogP contribution is -2.63. The molecule has 14 atom stereocenters. The number of carbonyl (C=O) groups excluding carboxylic acids is 12. The number of unbranched alkanes of at least 4 members (excludes halogenated alkanes) is 3. The van der Waals surface area contributed by atoms with E-state index in [1.165, 1.54) is 26.0 Å². The fraction of sp³-hybridized carbons (Fsp3) is 0.645. The van der Waals surface area contributed by atoms with Crippen LogP contribution in [-0.2, 0) is 68.7 Å². The molecule has 1 aromatic heterocycles. The van der Waals surface area contributed by atoms with Gasteiger partial charge in [-0.2, -0.15) is 0 Å². The van der Waals surface area contributed by atoms with Gasteiger partial charge < -0.3 is 101 Å². The summed E-state index contributed by atoms with van der Waals surface area (Å²) in [6.45, 7) is 16.6. The highest BCUT2D eigenvalue weighted by molar-refractivity contribution is 6.06. The standard InChI is InChI=1S/C76H123N17O16/c1-11-46(8)63(75(108)82-41-62(96)97)91-73(106)60(39-49-40-81-52-27-16-15-26-51(49)52)89-68(101)55(29-18-21-33-78)85-74(107)61(42-94)90-72(105)57(36-43(2)3)86-65(98)47(9)93(50-24-13-12-14-25-50)76(109)64(48(10)95)92-69(102)56(30-19-22-34-79)84-70(103)58(37-44(4)5)88-71(104)59(38-45(6)7)87-67(100)54(28-17-20-32-77)83-66(99)53-31-23-35-80-53/h12-16,24-27,40,43-48,53-61,63-64,80-81,94-95H,11,17-23,28-39,41-42,77-79H2,1-10H3,(H,82,108)(H,83,99)(H,84,103)(H,85,107)(H,86,98)(H,87,100)(H,88,104)(H,89,101)(H,90,105)(H,91,106)(H,92,102)(H,96,97)/t46-,47-,48+,53-,54-,55-,56-,57-,58-,59-,60-,61-,63-,64-/m0/s1. The number of carboxylic acid groups (broad SMARTS) is 1. The molecule has 4 rings (SSSR count). The number of nitrogens with two attached hydrogens (primary N) is 3. The minimum absolute atomic E-state index is 0.0294. The number of aromatic amines is 1. The minimum atomic E-state index is -1.81. The van der Waals surface area contributed by atoms with Crippen LogP contribution in [0.4, 0.5) is 5.69 Å². The topological polar surface area (TPSA) is 524 Å². The van der Waals surface area contributed by atoms with E-state index < -0.39 is 169 Å². The molecule has 2 aromatic carbocycles. The van der Waals surface area contributed by atoms with Gasteiger partial charge in [0.15, 0.2) is 0 Å². The second-order valence-electron chi connectivity index (χ2n) is 29.6. The van der Waals surface area contributed by atoms with Gasteiger partial charge in [-0.05, 0) is 177 Å². The van der Waals surface area contributed by atoms with E-state index in [0.29, 0.717) is 63.6 Å². The number of aliphatic carboxylic acids is 1. The lowest BCUT2D eigenvalue weighted by Gasteiger charge is -2.34. The summed E-state index contributed by atoms with van der Waals surface area (Å²) in [5, 5.41) is 64.8. The van der Waals surface area contributed by atoms with Gasteiger partial charge in [-0.25, -0.2) is 0 Å². The number of aliphatic hydroxyl groups excluding tert-OH is 2. The Morgan fingerprint density at radius 3 is 1.39 bits per heavy atom. The van der Waals surface area contributed by atoms with Crippen molar-refractivity contribution in [3.63, 3.8) is 0 Å². The largest absolute Gasteiger partial charge is 0.480 e. The van der Waals surface area contributed by atoms with Crippen LogP contribution in [0.5, 0.6) is 0 Å². The van der Waals surface area contributed by atoms with E-state index in [1.807, 2.05) is 33.8 Å². The van der Waals surface area contributed by atoms with Gasteiger partial charge in [0.1, 0.15) is 73.0 Å². The number of nitrogens with zero attached hydrogens (tertiary/aromatic N) is 1.